The highest BCUT2D eigenvalue weighted by atomic mass is 35.5. The summed E-state index contributed by atoms with van der Waals surface area (Å²) < 4.78 is 51.0. The average molecular weight is 429 g/mol. The van der Waals surface area contributed by atoms with E-state index in [1.807, 2.05) is 18.2 Å². The van der Waals surface area contributed by atoms with Crippen molar-refractivity contribution < 1.29 is 22.3 Å². The molecule has 152 valence electrons. The second kappa shape index (κ2) is 8.65. The van der Waals surface area contributed by atoms with Gasteiger partial charge in [0.05, 0.1) is 24.1 Å². The molecule has 2 aromatic carbocycles. The minimum absolute atomic E-state index is 0.00168. The molecule has 28 heavy (non-hydrogen) atoms. The molecule has 1 saturated heterocycles. The molecule has 0 spiro atoms. The Hall–Kier alpha value is -1.87. The van der Waals surface area contributed by atoms with Gasteiger partial charge in [0.15, 0.2) is 0 Å². The van der Waals surface area contributed by atoms with Gasteiger partial charge < -0.3 is 9.47 Å². The molecular weight excluding hydrogens is 407 g/mol. The van der Waals surface area contributed by atoms with Crippen molar-refractivity contribution in [3.05, 3.63) is 52.8 Å². The topological polar surface area (TPSA) is 59.1 Å². The molecule has 0 radical (unpaired) electrons. The van der Waals surface area contributed by atoms with Crippen LogP contribution >= 0.6 is 11.6 Å². The SMILES string of the molecule is COc1ccc(OC)c(CN2CCN(S(=O)(=O)c3ccc(F)c(Cl)c3)CC2)c1. The van der Waals surface area contributed by atoms with Crippen LogP contribution in [-0.4, -0.2) is 58.0 Å². The van der Waals surface area contributed by atoms with Gasteiger partial charge in [-0.1, -0.05) is 11.6 Å². The van der Waals surface area contributed by atoms with E-state index in [9.17, 15) is 12.8 Å². The van der Waals surface area contributed by atoms with Crippen molar-refractivity contribution >= 4 is 21.6 Å². The number of hydrogen-bond donors (Lipinski definition) is 0. The molecule has 1 aliphatic rings. The number of ether oxygens (including phenoxy) is 2. The van der Waals surface area contributed by atoms with Crippen molar-refractivity contribution in [3.63, 3.8) is 0 Å². The Morgan fingerprint density at radius 1 is 1.04 bits per heavy atom. The molecule has 1 heterocycles. The van der Waals surface area contributed by atoms with E-state index in [1.54, 1.807) is 14.2 Å². The van der Waals surface area contributed by atoms with Crippen LogP contribution in [0.1, 0.15) is 5.56 Å². The van der Waals surface area contributed by atoms with Gasteiger partial charge in [0.1, 0.15) is 17.3 Å². The molecule has 0 N–H and O–H groups in total. The van der Waals surface area contributed by atoms with Gasteiger partial charge in [0, 0.05) is 38.3 Å². The van der Waals surface area contributed by atoms with Crippen molar-refractivity contribution in [1.29, 1.82) is 0 Å². The third kappa shape index (κ3) is 4.41. The first-order valence-electron chi connectivity index (χ1n) is 8.73. The number of rotatable bonds is 6. The number of piperazine rings is 1. The summed E-state index contributed by atoms with van der Waals surface area (Å²) in [5.41, 5.74) is 0.975. The fourth-order valence-electron chi connectivity index (χ4n) is 3.16. The van der Waals surface area contributed by atoms with E-state index in [2.05, 4.69) is 4.90 Å². The molecule has 0 saturated carbocycles. The summed E-state index contributed by atoms with van der Waals surface area (Å²) in [6.45, 7) is 2.42. The van der Waals surface area contributed by atoms with Crippen LogP contribution in [-0.2, 0) is 16.6 Å². The zero-order chi connectivity index (χ0) is 20.3. The molecule has 0 unspecified atom stereocenters. The Labute approximate surface area is 169 Å². The van der Waals surface area contributed by atoms with Crippen LogP contribution in [0.25, 0.3) is 0 Å². The molecule has 2 aromatic rings. The minimum Gasteiger partial charge on any atom is -0.497 e. The van der Waals surface area contributed by atoms with Crippen LogP contribution < -0.4 is 9.47 Å². The predicted molar refractivity (Wildman–Crippen MR) is 105 cm³/mol. The summed E-state index contributed by atoms with van der Waals surface area (Å²) in [5.74, 6) is 0.861. The summed E-state index contributed by atoms with van der Waals surface area (Å²) >= 11 is 5.74. The van der Waals surface area contributed by atoms with E-state index in [0.29, 0.717) is 32.7 Å². The maximum Gasteiger partial charge on any atom is 0.243 e. The lowest BCUT2D eigenvalue weighted by Crippen LogP contribution is -2.48. The van der Waals surface area contributed by atoms with Gasteiger partial charge in [0.2, 0.25) is 10.0 Å². The van der Waals surface area contributed by atoms with Crippen LogP contribution in [0, 0.1) is 5.82 Å². The zero-order valence-electron chi connectivity index (χ0n) is 15.7. The largest absolute Gasteiger partial charge is 0.497 e. The monoisotopic (exact) mass is 428 g/mol. The molecule has 0 aromatic heterocycles. The first-order chi connectivity index (χ1) is 13.3. The highest BCUT2D eigenvalue weighted by molar-refractivity contribution is 7.89. The van der Waals surface area contributed by atoms with Crippen LogP contribution in [0.4, 0.5) is 4.39 Å². The van der Waals surface area contributed by atoms with Gasteiger partial charge in [-0.25, -0.2) is 12.8 Å². The first-order valence-corrected chi connectivity index (χ1v) is 10.6. The lowest BCUT2D eigenvalue weighted by atomic mass is 10.1. The van der Waals surface area contributed by atoms with E-state index in [0.717, 1.165) is 29.2 Å². The summed E-state index contributed by atoms with van der Waals surface area (Å²) in [6.07, 6.45) is 0. The number of nitrogens with zero attached hydrogens (tertiary/aromatic N) is 2. The van der Waals surface area contributed by atoms with E-state index >= 15 is 0 Å². The molecule has 0 aliphatic carbocycles. The summed E-state index contributed by atoms with van der Waals surface area (Å²) in [4.78, 5) is 2.16. The third-order valence-corrected chi connectivity index (χ3v) is 6.93. The second-order valence-electron chi connectivity index (χ2n) is 6.43. The molecule has 9 heteroatoms. The van der Waals surface area contributed by atoms with Crippen LogP contribution in [0.5, 0.6) is 11.5 Å². The quantitative estimate of drug-likeness (QED) is 0.707. The van der Waals surface area contributed by atoms with E-state index in [-0.39, 0.29) is 9.92 Å². The molecule has 6 nitrogen and oxygen atoms in total. The number of sulfonamides is 1. The van der Waals surface area contributed by atoms with Gasteiger partial charge in [-0.15, -0.1) is 0 Å². The van der Waals surface area contributed by atoms with Gasteiger partial charge >= 0.3 is 0 Å². The first kappa shape index (κ1) is 20.9. The van der Waals surface area contributed by atoms with E-state index in [4.69, 9.17) is 21.1 Å². The Balaban J connectivity index is 1.68. The fourth-order valence-corrected chi connectivity index (χ4v) is 4.85. The maximum atomic E-state index is 13.3. The smallest absolute Gasteiger partial charge is 0.243 e. The maximum absolute atomic E-state index is 13.3. The summed E-state index contributed by atoms with van der Waals surface area (Å²) in [5, 5.41) is -0.204. The van der Waals surface area contributed by atoms with Crippen molar-refractivity contribution in [2.75, 3.05) is 40.4 Å². The van der Waals surface area contributed by atoms with Gasteiger partial charge in [-0.3, -0.25) is 4.90 Å². The fraction of sp³-hybridized carbons (Fsp3) is 0.368. The zero-order valence-corrected chi connectivity index (χ0v) is 17.3. The summed E-state index contributed by atoms with van der Waals surface area (Å²) in [6, 6.07) is 9.07. The number of benzene rings is 2. The Kier molecular flexibility index (Phi) is 6.44. The van der Waals surface area contributed by atoms with Crippen molar-refractivity contribution in [3.8, 4) is 11.5 Å². The van der Waals surface area contributed by atoms with Gasteiger partial charge in [-0.2, -0.15) is 4.31 Å². The standard InChI is InChI=1S/C19H22ClFN2O4S/c1-26-15-3-6-19(27-2)14(11-15)13-22-7-9-23(10-8-22)28(24,25)16-4-5-18(21)17(20)12-16/h3-6,11-12H,7-10,13H2,1-2H3. The molecule has 1 fully saturated rings. The molecule has 3 rings (SSSR count). The highest BCUT2D eigenvalue weighted by Crippen LogP contribution is 2.27. The Morgan fingerprint density at radius 3 is 2.36 bits per heavy atom. The third-order valence-electron chi connectivity index (χ3n) is 4.74. The normalized spacial score (nSPS) is 16.1. The summed E-state index contributed by atoms with van der Waals surface area (Å²) in [7, 11) is -0.487. The molecule has 0 bridgehead atoms. The molecule has 1 aliphatic heterocycles. The Morgan fingerprint density at radius 2 is 1.75 bits per heavy atom. The van der Waals surface area contributed by atoms with Crippen molar-refractivity contribution in [2.45, 2.75) is 11.4 Å². The highest BCUT2D eigenvalue weighted by Gasteiger charge is 2.29. The van der Waals surface area contributed by atoms with Crippen LogP contribution in [0.15, 0.2) is 41.3 Å². The molecule has 0 amide bonds. The van der Waals surface area contributed by atoms with Gasteiger partial charge in [0.25, 0.3) is 0 Å². The predicted octanol–water partition coefficient (Wildman–Crippen LogP) is 3.00. The van der Waals surface area contributed by atoms with E-state index < -0.39 is 15.8 Å². The molecule has 0 atom stereocenters. The minimum atomic E-state index is -3.71. The van der Waals surface area contributed by atoms with E-state index in [1.165, 1.54) is 10.4 Å². The van der Waals surface area contributed by atoms with Crippen molar-refractivity contribution in [1.82, 2.24) is 9.21 Å². The second-order valence-corrected chi connectivity index (χ2v) is 8.78. The van der Waals surface area contributed by atoms with Crippen molar-refractivity contribution in [2.24, 2.45) is 0 Å². The lowest BCUT2D eigenvalue weighted by molar-refractivity contribution is 0.180. The Bertz CT molecular complexity index is 947. The van der Waals surface area contributed by atoms with Gasteiger partial charge in [-0.05, 0) is 36.4 Å². The molecular formula is C19H22ClFN2O4S. The number of hydrogen-bond acceptors (Lipinski definition) is 5. The lowest BCUT2D eigenvalue weighted by Gasteiger charge is -2.34. The average Bonchev–Trinajstić information content (AvgIpc) is 2.70. The van der Waals surface area contributed by atoms with Crippen LogP contribution in [0.3, 0.4) is 0 Å². The number of halogens is 2. The number of methoxy groups -OCH3 is 2. The van der Waals surface area contributed by atoms with Crippen LogP contribution in [0.2, 0.25) is 5.02 Å².